The van der Waals surface area contributed by atoms with Crippen molar-refractivity contribution < 1.29 is 9.47 Å². The topological polar surface area (TPSA) is 70.3 Å². The van der Waals surface area contributed by atoms with Crippen LogP contribution in [0.5, 0.6) is 11.5 Å². The number of hydrogen-bond donors (Lipinski definition) is 1. The Kier molecular flexibility index (Phi) is 2.82. The third-order valence-corrected chi connectivity index (χ3v) is 2.83. The molecule has 2 aromatic rings. The summed E-state index contributed by atoms with van der Waals surface area (Å²) in [5, 5.41) is 0. The van der Waals surface area contributed by atoms with E-state index in [0.29, 0.717) is 13.2 Å². The van der Waals surface area contributed by atoms with Gasteiger partial charge in [-0.05, 0) is 17.7 Å². The van der Waals surface area contributed by atoms with Gasteiger partial charge in [0.2, 0.25) is 0 Å². The minimum Gasteiger partial charge on any atom is -0.486 e. The van der Waals surface area contributed by atoms with Crippen LogP contribution in [0.4, 0.5) is 0 Å². The molecule has 2 N–H and O–H groups in total. The zero-order valence-electron chi connectivity index (χ0n) is 9.74. The average molecular weight is 243 g/mol. The van der Waals surface area contributed by atoms with Gasteiger partial charge in [0.25, 0.3) is 0 Å². The molecule has 0 aliphatic carbocycles. The maximum Gasteiger partial charge on any atom is 0.161 e. The monoisotopic (exact) mass is 243 g/mol. The third kappa shape index (κ3) is 2.00. The number of nitrogens with two attached hydrogens (primary N) is 1. The van der Waals surface area contributed by atoms with Crippen molar-refractivity contribution >= 4 is 0 Å². The Hall–Kier alpha value is -2.14. The maximum absolute atomic E-state index is 6.15. The third-order valence-electron chi connectivity index (χ3n) is 2.83. The number of aromatic nitrogens is 2. The Labute approximate surface area is 105 Å². The first-order valence-corrected chi connectivity index (χ1v) is 5.75. The Morgan fingerprint density at radius 3 is 2.72 bits per heavy atom. The van der Waals surface area contributed by atoms with E-state index >= 15 is 0 Å². The van der Waals surface area contributed by atoms with Crippen LogP contribution in [0.3, 0.4) is 0 Å². The largest absolute Gasteiger partial charge is 0.486 e. The molecule has 1 aromatic heterocycles. The van der Waals surface area contributed by atoms with Crippen LogP contribution in [0.15, 0.2) is 36.8 Å². The highest BCUT2D eigenvalue weighted by atomic mass is 16.6. The van der Waals surface area contributed by atoms with Crippen molar-refractivity contribution in [3.63, 3.8) is 0 Å². The summed E-state index contributed by atoms with van der Waals surface area (Å²) < 4.78 is 11.0. The second kappa shape index (κ2) is 4.62. The zero-order valence-corrected chi connectivity index (χ0v) is 9.74. The lowest BCUT2D eigenvalue weighted by atomic mass is 10.0. The predicted octanol–water partition coefficient (Wildman–Crippen LogP) is 1.30. The Bertz CT molecular complexity index is 545. The summed E-state index contributed by atoms with van der Waals surface area (Å²) in [6.07, 6.45) is 4.93. The minimum absolute atomic E-state index is 0.311. The molecule has 0 amide bonds. The molecule has 0 bridgehead atoms. The Morgan fingerprint density at radius 2 is 1.94 bits per heavy atom. The fourth-order valence-corrected chi connectivity index (χ4v) is 1.90. The number of nitrogens with zero attached hydrogens (tertiary/aromatic N) is 2. The molecule has 1 aliphatic heterocycles. The fourth-order valence-electron chi connectivity index (χ4n) is 1.90. The van der Waals surface area contributed by atoms with Crippen LogP contribution in [0.25, 0.3) is 0 Å². The quantitative estimate of drug-likeness (QED) is 0.860. The van der Waals surface area contributed by atoms with E-state index in [4.69, 9.17) is 15.2 Å². The maximum atomic E-state index is 6.15. The molecule has 5 nitrogen and oxygen atoms in total. The summed E-state index contributed by atoms with van der Waals surface area (Å²) in [7, 11) is 0. The second-order valence-electron chi connectivity index (χ2n) is 4.01. The number of fused-ring (bicyclic) bond motifs is 1. The van der Waals surface area contributed by atoms with Gasteiger partial charge < -0.3 is 15.2 Å². The van der Waals surface area contributed by atoms with E-state index in [-0.39, 0.29) is 6.04 Å². The molecule has 1 aromatic carbocycles. The van der Waals surface area contributed by atoms with Crippen molar-refractivity contribution in [2.24, 2.45) is 5.73 Å². The molecular formula is C13H13N3O2. The van der Waals surface area contributed by atoms with E-state index in [1.807, 2.05) is 18.2 Å². The lowest BCUT2D eigenvalue weighted by molar-refractivity contribution is 0.171. The highest BCUT2D eigenvalue weighted by Crippen LogP contribution is 2.33. The van der Waals surface area contributed by atoms with Crippen molar-refractivity contribution in [1.82, 2.24) is 9.97 Å². The standard InChI is InChI=1S/C13H13N3O2/c14-13(10-8-15-3-4-16-10)9-1-2-11-12(7-9)18-6-5-17-11/h1-4,7-8,13H,5-6,14H2. The molecule has 0 saturated carbocycles. The van der Waals surface area contributed by atoms with Crippen molar-refractivity contribution in [2.45, 2.75) is 6.04 Å². The molecule has 0 spiro atoms. The van der Waals surface area contributed by atoms with Crippen LogP contribution < -0.4 is 15.2 Å². The van der Waals surface area contributed by atoms with Crippen molar-refractivity contribution in [1.29, 1.82) is 0 Å². The van der Waals surface area contributed by atoms with Gasteiger partial charge in [0.1, 0.15) is 13.2 Å². The van der Waals surface area contributed by atoms with Crippen LogP contribution in [-0.2, 0) is 0 Å². The molecule has 0 fully saturated rings. The molecule has 0 saturated heterocycles. The van der Waals surface area contributed by atoms with Gasteiger partial charge in [-0.15, -0.1) is 0 Å². The number of hydrogen-bond acceptors (Lipinski definition) is 5. The van der Waals surface area contributed by atoms with E-state index in [1.54, 1.807) is 18.6 Å². The molecule has 18 heavy (non-hydrogen) atoms. The summed E-state index contributed by atoms with van der Waals surface area (Å²) in [5.41, 5.74) is 7.81. The molecule has 92 valence electrons. The van der Waals surface area contributed by atoms with E-state index in [9.17, 15) is 0 Å². The van der Waals surface area contributed by atoms with Gasteiger partial charge >= 0.3 is 0 Å². The normalized spacial score (nSPS) is 15.2. The summed E-state index contributed by atoms with van der Waals surface area (Å²) in [5.74, 6) is 1.49. The van der Waals surface area contributed by atoms with Crippen LogP contribution in [-0.4, -0.2) is 23.2 Å². The van der Waals surface area contributed by atoms with Gasteiger partial charge in [-0.2, -0.15) is 0 Å². The summed E-state index contributed by atoms with van der Waals surface area (Å²) in [4.78, 5) is 8.23. The first kappa shape index (κ1) is 11.0. The SMILES string of the molecule is NC(c1ccc2c(c1)OCCO2)c1cnccn1. The molecule has 3 rings (SSSR count). The number of ether oxygens (including phenoxy) is 2. The van der Waals surface area contributed by atoms with Crippen LogP contribution in [0.2, 0.25) is 0 Å². The van der Waals surface area contributed by atoms with Gasteiger partial charge in [-0.1, -0.05) is 6.07 Å². The summed E-state index contributed by atoms with van der Waals surface area (Å²) in [6.45, 7) is 1.15. The van der Waals surface area contributed by atoms with Crippen LogP contribution in [0.1, 0.15) is 17.3 Å². The molecule has 5 heteroatoms. The molecule has 2 heterocycles. The predicted molar refractivity (Wildman–Crippen MR) is 65.5 cm³/mol. The van der Waals surface area contributed by atoms with E-state index in [2.05, 4.69) is 9.97 Å². The molecule has 0 radical (unpaired) electrons. The highest BCUT2D eigenvalue weighted by Gasteiger charge is 2.16. The van der Waals surface area contributed by atoms with Gasteiger partial charge in [-0.3, -0.25) is 9.97 Å². The van der Waals surface area contributed by atoms with Crippen molar-refractivity contribution in [3.8, 4) is 11.5 Å². The van der Waals surface area contributed by atoms with Gasteiger partial charge in [0.15, 0.2) is 11.5 Å². The van der Waals surface area contributed by atoms with E-state index < -0.39 is 0 Å². The zero-order chi connectivity index (χ0) is 12.4. The Balaban J connectivity index is 1.93. The second-order valence-corrected chi connectivity index (χ2v) is 4.01. The van der Waals surface area contributed by atoms with Gasteiger partial charge in [0.05, 0.1) is 17.9 Å². The first-order chi connectivity index (χ1) is 8.84. The summed E-state index contributed by atoms with van der Waals surface area (Å²) >= 11 is 0. The fraction of sp³-hybridized carbons (Fsp3) is 0.231. The minimum atomic E-state index is -0.311. The number of benzene rings is 1. The van der Waals surface area contributed by atoms with Crippen molar-refractivity contribution in [2.75, 3.05) is 13.2 Å². The molecule has 1 unspecified atom stereocenters. The lowest BCUT2D eigenvalue weighted by Crippen LogP contribution is -2.17. The van der Waals surface area contributed by atoms with Gasteiger partial charge in [-0.25, -0.2) is 0 Å². The highest BCUT2D eigenvalue weighted by molar-refractivity contribution is 5.45. The van der Waals surface area contributed by atoms with Crippen molar-refractivity contribution in [3.05, 3.63) is 48.0 Å². The molecule has 1 atom stereocenters. The van der Waals surface area contributed by atoms with E-state index in [0.717, 1.165) is 22.8 Å². The average Bonchev–Trinajstić information content (AvgIpc) is 2.47. The van der Waals surface area contributed by atoms with Crippen LogP contribution in [0, 0.1) is 0 Å². The molecular weight excluding hydrogens is 230 g/mol. The summed E-state index contributed by atoms with van der Waals surface area (Å²) in [6, 6.07) is 5.38. The molecule has 1 aliphatic rings. The lowest BCUT2D eigenvalue weighted by Gasteiger charge is -2.20. The number of rotatable bonds is 2. The van der Waals surface area contributed by atoms with E-state index in [1.165, 1.54) is 0 Å². The Morgan fingerprint density at radius 1 is 1.11 bits per heavy atom. The smallest absolute Gasteiger partial charge is 0.161 e. The van der Waals surface area contributed by atoms with Gasteiger partial charge in [0, 0.05) is 12.4 Å². The first-order valence-electron chi connectivity index (χ1n) is 5.75. The van der Waals surface area contributed by atoms with Crippen LogP contribution >= 0.6 is 0 Å².